The number of carbonyl (C=O) groups excluding carboxylic acids is 1. The average Bonchev–Trinajstić information content (AvgIpc) is 3.75. The van der Waals surface area contributed by atoms with Crippen molar-refractivity contribution < 1.29 is 33.3 Å². The van der Waals surface area contributed by atoms with Crippen LogP contribution < -0.4 is 10.1 Å². The Hall–Kier alpha value is -2.45. The van der Waals surface area contributed by atoms with E-state index >= 15 is 0 Å². The van der Waals surface area contributed by atoms with Crippen LogP contribution in [0.25, 0.3) is 0 Å². The zero-order chi connectivity index (χ0) is 34.4. The molecule has 1 aliphatic rings. The number of carbonyl (C=O) groups is 2. The second kappa shape index (κ2) is 15.8. The molecule has 1 aliphatic carbocycles. The SMILES string of the molecule is COc1cc(NC(=O)OCCN(C)[C@H]2CC[C@H](OC(C(=O)O)(c3cccs3)c3cccs3)CC2)c(Cl)cc1CO[Si](C)(C)C(C)(C)C. The maximum absolute atomic E-state index is 12.7. The lowest BCUT2D eigenvalue weighted by atomic mass is 9.90. The van der Waals surface area contributed by atoms with Gasteiger partial charge in [0.1, 0.15) is 12.4 Å². The molecule has 13 heteroatoms. The molecular weight excluding hydrogens is 676 g/mol. The van der Waals surface area contributed by atoms with Crippen LogP contribution >= 0.6 is 34.3 Å². The molecule has 1 amide bonds. The van der Waals surface area contributed by atoms with Gasteiger partial charge in [0.15, 0.2) is 8.32 Å². The zero-order valence-corrected chi connectivity index (χ0v) is 31.7. The summed E-state index contributed by atoms with van der Waals surface area (Å²) in [6.07, 6.45) is 2.38. The largest absolute Gasteiger partial charge is 0.496 e. The molecule has 9 nitrogen and oxygen atoms in total. The third-order valence-electron chi connectivity index (χ3n) is 9.33. The van der Waals surface area contributed by atoms with Crippen LogP contribution in [0.2, 0.25) is 23.2 Å². The van der Waals surface area contributed by atoms with E-state index in [1.54, 1.807) is 19.2 Å². The molecule has 2 aromatic heterocycles. The molecular formula is C34H47ClN2O7S2Si. The van der Waals surface area contributed by atoms with Gasteiger partial charge in [-0.15, -0.1) is 22.7 Å². The summed E-state index contributed by atoms with van der Waals surface area (Å²) in [5.74, 6) is -0.419. The molecule has 2 N–H and O–H groups in total. The van der Waals surface area contributed by atoms with E-state index in [2.05, 4.69) is 44.1 Å². The van der Waals surface area contributed by atoms with Gasteiger partial charge in [0.2, 0.25) is 5.60 Å². The van der Waals surface area contributed by atoms with Crippen LogP contribution in [0, 0.1) is 0 Å². The molecule has 0 saturated heterocycles. The standard InChI is InChI=1S/C34H47ClN2O7S2Si/c1-33(2,3)47(6,7)43-22-23-20-26(35)27(21-28(23)41-5)36-32(40)42-17-16-37(4)24-12-14-25(15-13-24)44-34(31(38)39,29-10-8-18-45-29)30-11-9-19-46-30/h8-11,18-21,24-25H,12-17,22H2,1-7H3,(H,36,40)(H,38,39)/t24-,25-. The van der Waals surface area contributed by atoms with Crippen molar-refractivity contribution in [1.82, 2.24) is 4.90 Å². The van der Waals surface area contributed by atoms with Gasteiger partial charge in [0.25, 0.3) is 0 Å². The van der Waals surface area contributed by atoms with Crippen LogP contribution in [-0.4, -0.2) is 69.8 Å². The molecule has 0 atom stereocenters. The first-order chi connectivity index (χ1) is 22.2. The predicted molar refractivity (Wildman–Crippen MR) is 192 cm³/mol. The van der Waals surface area contributed by atoms with Crippen molar-refractivity contribution in [3.05, 3.63) is 67.5 Å². The minimum Gasteiger partial charge on any atom is -0.496 e. The lowest BCUT2D eigenvalue weighted by Crippen LogP contribution is -2.45. The van der Waals surface area contributed by atoms with Gasteiger partial charge in [-0.1, -0.05) is 44.5 Å². The first kappa shape index (κ1) is 37.4. The van der Waals surface area contributed by atoms with Gasteiger partial charge in [0.05, 0.1) is 40.3 Å². The molecule has 4 rings (SSSR count). The van der Waals surface area contributed by atoms with E-state index in [1.165, 1.54) is 22.7 Å². The highest BCUT2D eigenvalue weighted by Gasteiger charge is 2.48. The van der Waals surface area contributed by atoms with Crippen LogP contribution in [0.4, 0.5) is 10.5 Å². The third kappa shape index (κ3) is 8.97. The fourth-order valence-electron chi connectivity index (χ4n) is 5.39. The average molecular weight is 723 g/mol. The summed E-state index contributed by atoms with van der Waals surface area (Å²) in [5, 5.41) is 17.4. The Labute approximate surface area is 292 Å². The molecule has 0 spiro atoms. The van der Waals surface area contributed by atoms with Crippen molar-refractivity contribution in [2.24, 2.45) is 0 Å². The molecule has 0 aliphatic heterocycles. The zero-order valence-electron chi connectivity index (χ0n) is 28.3. The summed E-state index contributed by atoms with van der Waals surface area (Å²) >= 11 is 9.33. The Kier molecular flexibility index (Phi) is 12.6. The number of likely N-dealkylation sites (N-methyl/N-ethyl adjacent to an activating group) is 1. The predicted octanol–water partition coefficient (Wildman–Crippen LogP) is 8.83. The number of nitrogens with one attached hydrogen (secondary N) is 1. The Morgan fingerprint density at radius 1 is 1.06 bits per heavy atom. The highest BCUT2D eigenvalue weighted by molar-refractivity contribution is 7.12. The van der Waals surface area contributed by atoms with Crippen molar-refractivity contribution >= 4 is 60.3 Å². The number of anilines is 1. The molecule has 2 heterocycles. The molecule has 1 fully saturated rings. The maximum Gasteiger partial charge on any atom is 0.411 e. The van der Waals surface area contributed by atoms with Crippen LogP contribution in [0.15, 0.2) is 47.2 Å². The van der Waals surface area contributed by atoms with Gasteiger partial charge >= 0.3 is 12.1 Å². The summed E-state index contributed by atoms with van der Waals surface area (Å²) in [7, 11) is 1.61. The normalized spacial score (nSPS) is 17.5. The molecule has 0 radical (unpaired) electrons. The van der Waals surface area contributed by atoms with E-state index in [9.17, 15) is 14.7 Å². The van der Waals surface area contributed by atoms with Crippen LogP contribution in [0.3, 0.4) is 0 Å². The van der Waals surface area contributed by atoms with Crippen LogP contribution in [0.1, 0.15) is 61.8 Å². The molecule has 0 unspecified atom stereocenters. The Morgan fingerprint density at radius 2 is 1.68 bits per heavy atom. The van der Waals surface area contributed by atoms with Gasteiger partial charge < -0.3 is 28.6 Å². The van der Waals surface area contributed by atoms with Crippen molar-refractivity contribution in [3.8, 4) is 5.75 Å². The fourth-order valence-corrected chi connectivity index (χ4v) is 8.38. The minimum absolute atomic E-state index is 0.0700. The van der Waals surface area contributed by atoms with E-state index in [1.807, 2.05) is 42.1 Å². The number of carboxylic acids is 1. The van der Waals surface area contributed by atoms with Crippen LogP contribution in [0.5, 0.6) is 5.75 Å². The number of carboxylic acid groups (broad SMARTS) is 1. The quantitative estimate of drug-likeness (QED) is 0.159. The number of halogens is 1. The molecule has 1 saturated carbocycles. The van der Waals surface area contributed by atoms with E-state index < -0.39 is 26.0 Å². The number of thiophene rings is 2. The van der Waals surface area contributed by atoms with E-state index in [0.29, 0.717) is 39.4 Å². The molecule has 1 aromatic carbocycles. The van der Waals surface area contributed by atoms with Crippen molar-refractivity contribution in [1.29, 1.82) is 0 Å². The first-order valence-electron chi connectivity index (χ1n) is 15.8. The fraction of sp³-hybridized carbons (Fsp3) is 0.529. The van der Waals surface area contributed by atoms with Gasteiger partial charge in [-0.25, -0.2) is 9.59 Å². The highest BCUT2D eigenvalue weighted by atomic mass is 35.5. The van der Waals surface area contributed by atoms with Crippen molar-refractivity contribution in [3.63, 3.8) is 0 Å². The van der Waals surface area contributed by atoms with Gasteiger partial charge in [0, 0.05) is 24.2 Å². The monoisotopic (exact) mass is 722 g/mol. The molecule has 0 bridgehead atoms. The summed E-state index contributed by atoms with van der Waals surface area (Å²) in [6.45, 7) is 12.1. The van der Waals surface area contributed by atoms with Crippen molar-refractivity contribution in [2.45, 2.75) is 88.9 Å². The smallest absolute Gasteiger partial charge is 0.411 e. The third-order valence-corrected chi connectivity index (χ3v) is 16.1. The van der Waals surface area contributed by atoms with E-state index in [4.69, 9.17) is 30.2 Å². The lowest BCUT2D eigenvalue weighted by molar-refractivity contribution is -0.170. The number of hydrogen-bond donors (Lipinski definition) is 2. The molecule has 3 aromatic rings. The number of benzene rings is 1. The molecule has 47 heavy (non-hydrogen) atoms. The summed E-state index contributed by atoms with van der Waals surface area (Å²) in [6, 6.07) is 11.1. The topological polar surface area (TPSA) is 107 Å². The molecule has 258 valence electrons. The number of ether oxygens (including phenoxy) is 3. The number of methoxy groups -OCH3 is 1. The van der Waals surface area contributed by atoms with Crippen molar-refractivity contribution in [2.75, 3.05) is 32.6 Å². The van der Waals surface area contributed by atoms with Gasteiger partial charge in [-0.05, 0) is 79.8 Å². The number of aliphatic carboxylic acids is 1. The highest BCUT2D eigenvalue weighted by Crippen LogP contribution is 2.43. The summed E-state index contributed by atoms with van der Waals surface area (Å²) in [5.41, 5.74) is -0.285. The summed E-state index contributed by atoms with van der Waals surface area (Å²) in [4.78, 5) is 28.9. The van der Waals surface area contributed by atoms with Gasteiger partial charge in [-0.3, -0.25) is 5.32 Å². The minimum atomic E-state index is -1.98. The second-order valence-electron chi connectivity index (χ2n) is 13.4. The maximum atomic E-state index is 12.7. The number of nitrogens with zero attached hydrogens (tertiary/aromatic N) is 1. The summed E-state index contributed by atoms with van der Waals surface area (Å²) < 4.78 is 23.9. The first-order valence-corrected chi connectivity index (χ1v) is 20.9. The van der Waals surface area contributed by atoms with E-state index in [0.717, 1.165) is 31.2 Å². The van der Waals surface area contributed by atoms with Gasteiger partial charge in [-0.2, -0.15) is 0 Å². The Balaban J connectivity index is 1.26. The number of hydrogen-bond acceptors (Lipinski definition) is 9. The number of amides is 1. The number of rotatable bonds is 14. The lowest BCUT2D eigenvalue weighted by Gasteiger charge is -2.38. The second-order valence-corrected chi connectivity index (χ2v) is 20.5. The Bertz CT molecular complexity index is 1440. The van der Waals surface area contributed by atoms with E-state index in [-0.39, 0.29) is 23.8 Å². The Morgan fingerprint density at radius 3 is 2.19 bits per heavy atom. The van der Waals surface area contributed by atoms with Crippen LogP contribution in [-0.2, 0) is 30.9 Å².